The number of nitrogens with zero attached hydrogens (tertiary/aromatic N) is 1. The normalized spacial score (nSPS) is 10.4. The summed E-state index contributed by atoms with van der Waals surface area (Å²) >= 11 is 0. The van der Waals surface area contributed by atoms with E-state index in [-0.39, 0.29) is 17.9 Å². The lowest BCUT2D eigenvalue weighted by Crippen LogP contribution is -2.30. The van der Waals surface area contributed by atoms with Gasteiger partial charge in [-0.2, -0.15) is 0 Å². The van der Waals surface area contributed by atoms with Crippen LogP contribution in [0.4, 0.5) is 8.78 Å². The van der Waals surface area contributed by atoms with Gasteiger partial charge >= 0.3 is 0 Å². The number of rotatable bonds is 5. The fraction of sp³-hybridized carbons (Fsp3) is 0.417. The first-order valence-electron chi connectivity index (χ1n) is 5.42. The highest BCUT2D eigenvalue weighted by Crippen LogP contribution is 2.11. The highest BCUT2D eigenvalue weighted by molar-refractivity contribution is 5.78. The Balaban J connectivity index is 2.61. The van der Waals surface area contributed by atoms with Gasteiger partial charge in [0.2, 0.25) is 5.91 Å². The van der Waals surface area contributed by atoms with E-state index in [1.54, 1.807) is 7.05 Å². The Bertz CT molecular complexity index is 396. The van der Waals surface area contributed by atoms with Crippen LogP contribution in [0.25, 0.3) is 0 Å². The van der Waals surface area contributed by atoms with Gasteiger partial charge in [0.15, 0.2) is 0 Å². The Hall–Kier alpha value is -1.49. The van der Waals surface area contributed by atoms with Crippen molar-refractivity contribution in [2.24, 2.45) is 5.73 Å². The Labute approximate surface area is 99.2 Å². The second-order valence-corrected chi connectivity index (χ2v) is 3.87. The van der Waals surface area contributed by atoms with Gasteiger partial charge in [0.05, 0.1) is 6.42 Å². The van der Waals surface area contributed by atoms with Crippen molar-refractivity contribution in [2.45, 2.75) is 12.8 Å². The monoisotopic (exact) mass is 242 g/mol. The summed E-state index contributed by atoms with van der Waals surface area (Å²) in [5.74, 6) is -1.54. The van der Waals surface area contributed by atoms with E-state index in [0.717, 1.165) is 12.1 Å². The van der Waals surface area contributed by atoms with E-state index >= 15 is 0 Å². The number of hydrogen-bond acceptors (Lipinski definition) is 2. The smallest absolute Gasteiger partial charge is 0.226 e. The number of likely N-dealkylation sites (N-methyl/N-ethyl adjacent to an activating group) is 1. The van der Waals surface area contributed by atoms with Crippen LogP contribution in [-0.2, 0) is 11.2 Å². The fourth-order valence-corrected chi connectivity index (χ4v) is 1.42. The van der Waals surface area contributed by atoms with Crippen LogP contribution in [-0.4, -0.2) is 30.9 Å². The van der Waals surface area contributed by atoms with E-state index < -0.39 is 11.6 Å². The molecule has 0 aromatic heterocycles. The number of halogens is 2. The number of amides is 1. The third kappa shape index (κ3) is 4.11. The van der Waals surface area contributed by atoms with Crippen molar-refractivity contribution in [1.82, 2.24) is 4.90 Å². The maximum absolute atomic E-state index is 13.3. The molecule has 0 saturated heterocycles. The van der Waals surface area contributed by atoms with Crippen LogP contribution >= 0.6 is 0 Å². The minimum atomic E-state index is -0.689. The first kappa shape index (κ1) is 13.6. The van der Waals surface area contributed by atoms with Crippen molar-refractivity contribution >= 4 is 5.91 Å². The van der Waals surface area contributed by atoms with E-state index in [1.807, 2.05) is 0 Å². The highest BCUT2D eigenvalue weighted by Gasteiger charge is 2.12. The molecule has 17 heavy (non-hydrogen) atoms. The zero-order chi connectivity index (χ0) is 12.8. The molecule has 0 unspecified atom stereocenters. The van der Waals surface area contributed by atoms with Gasteiger partial charge < -0.3 is 10.6 Å². The fourth-order valence-electron chi connectivity index (χ4n) is 1.42. The third-order valence-corrected chi connectivity index (χ3v) is 2.48. The lowest BCUT2D eigenvalue weighted by Gasteiger charge is -2.16. The van der Waals surface area contributed by atoms with Crippen LogP contribution in [0.5, 0.6) is 0 Å². The Morgan fingerprint density at radius 1 is 1.41 bits per heavy atom. The quantitative estimate of drug-likeness (QED) is 0.846. The summed E-state index contributed by atoms with van der Waals surface area (Å²) in [6, 6.07) is 3.22. The summed E-state index contributed by atoms with van der Waals surface area (Å²) in [7, 11) is 1.64. The second-order valence-electron chi connectivity index (χ2n) is 3.87. The molecule has 0 spiro atoms. The van der Waals surface area contributed by atoms with Crippen LogP contribution in [0, 0.1) is 11.6 Å². The van der Waals surface area contributed by atoms with Gasteiger partial charge in [-0.3, -0.25) is 4.79 Å². The molecule has 0 aliphatic rings. The molecule has 2 N–H and O–H groups in total. The molecule has 1 amide bonds. The molecule has 1 aromatic carbocycles. The molecule has 0 atom stereocenters. The van der Waals surface area contributed by atoms with Crippen LogP contribution < -0.4 is 5.73 Å². The highest BCUT2D eigenvalue weighted by atomic mass is 19.1. The number of carbonyl (C=O) groups is 1. The molecule has 94 valence electrons. The average Bonchev–Trinajstić information content (AvgIpc) is 2.29. The van der Waals surface area contributed by atoms with E-state index in [4.69, 9.17) is 5.73 Å². The molecule has 0 saturated carbocycles. The Morgan fingerprint density at radius 3 is 2.71 bits per heavy atom. The van der Waals surface area contributed by atoms with Gasteiger partial charge in [0.25, 0.3) is 0 Å². The van der Waals surface area contributed by atoms with Crippen LogP contribution in [0.2, 0.25) is 0 Å². The number of nitrogens with two attached hydrogens (primary N) is 1. The van der Waals surface area contributed by atoms with Gasteiger partial charge in [0, 0.05) is 19.7 Å². The zero-order valence-corrected chi connectivity index (χ0v) is 9.75. The molecule has 0 heterocycles. The summed E-state index contributed by atoms with van der Waals surface area (Å²) in [5.41, 5.74) is 5.54. The first-order valence-corrected chi connectivity index (χ1v) is 5.42. The summed E-state index contributed by atoms with van der Waals surface area (Å²) in [6.45, 7) is 1.04. The molecule has 5 heteroatoms. The number of carbonyl (C=O) groups excluding carboxylic acids is 1. The average molecular weight is 242 g/mol. The summed E-state index contributed by atoms with van der Waals surface area (Å²) < 4.78 is 26.0. The van der Waals surface area contributed by atoms with Crippen LogP contribution in [0.15, 0.2) is 18.2 Å². The zero-order valence-electron chi connectivity index (χ0n) is 9.75. The molecule has 3 nitrogen and oxygen atoms in total. The van der Waals surface area contributed by atoms with Crippen molar-refractivity contribution in [2.75, 3.05) is 20.1 Å². The predicted octanol–water partition coefficient (Wildman–Crippen LogP) is 1.31. The summed E-state index contributed by atoms with van der Waals surface area (Å²) in [5, 5.41) is 0. The third-order valence-electron chi connectivity index (χ3n) is 2.48. The van der Waals surface area contributed by atoms with Crippen LogP contribution in [0.1, 0.15) is 12.0 Å². The number of hydrogen-bond donors (Lipinski definition) is 1. The molecule has 0 fully saturated rings. The molecule has 0 aliphatic heterocycles. The van der Waals surface area contributed by atoms with Gasteiger partial charge in [-0.05, 0) is 24.6 Å². The van der Waals surface area contributed by atoms with Crippen molar-refractivity contribution in [3.63, 3.8) is 0 Å². The number of benzene rings is 1. The van der Waals surface area contributed by atoms with Crippen molar-refractivity contribution in [3.8, 4) is 0 Å². The maximum Gasteiger partial charge on any atom is 0.226 e. The maximum atomic E-state index is 13.3. The van der Waals surface area contributed by atoms with E-state index in [0.29, 0.717) is 19.5 Å². The molecular formula is C12H16F2N2O. The van der Waals surface area contributed by atoms with Crippen molar-refractivity contribution < 1.29 is 13.6 Å². The minimum Gasteiger partial charge on any atom is -0.345 e. The lowest BCUT2D eigenvalue weighted by atomic mass is 10.1. The van der Waals surface area contributed by atoms with Crippen molar-refractivity contribution in [3.05, 3.63) is 35.4 Å². The van der Waals surface area contributed by atoms with Crippen molar-refractivity contribution in [1.29, 1.82) is 0 Å². The minimum absolute atomic E-state index is 0.0623. The topological polar surface area (TPSA) is 46.3 Å². The van der Waals surface area contributed by atoms with Gasteiger partial charge in [-0.15, -0.1) is 0 Å². The van der Waals surface area contributed by atoms with Gasteiger partial charge in [0.1, 0.15) is 11.6 Å². The predicted molar refractivity (Wildman–Crippen MR) is 61.4 cm³/mol. The van der Waals surface area contributed by atoms with Gasteiger partial charge in [-0.1, -0.05) is 6.07 Å². The molecule has 0 aliphatic carbocycles. The molecule has 0 bridgehead atoms. The van der Waals surface area contributed by atoms with E-state index in [1.165, 1.54) is 11.0 Å². The molecular weight excluding hydrogens is 226 g/mol. The first-order chi connectivity index (χ1) is 8.04. The Morgan fingerprint density at radius 2 is 2.12 bits per heavy atom. The SMILES string of the molecule is CN(CCCN)C(=O)Cc1ccc(F)cc1F. The molecule has 1 rings (SSSR count). The standard InChI is InChI=1S/C12H16F2N2O/c1-16(6-2-5-15)12(17)7-9-3-4-10(13)8-11(9)14/h3-4,8H,2,5-7,15H2,1H3. The van der Waals surface area contributed by atoms with E-state index in [2.05, 4.69) is 0 Å². The lowest BCUT2D eigenvalue weighted by molar-refractivity contribution is -0.129. The summed E-state index contributed by atoms with van der Waals surface area (Å²) in [4.78, 5) is 13.2. The van der Waals surface area contributed by atoms with E-state index in [9.17, 15) is 13.6 Å². The second kappa shape index (κ2) is 6.30. The Kier molecular flexibility index (Phi) is 5.03. The summed E-state index contributed by atoms with van der Waals surface area (Å²) in [6.07, 6.45) is 0.640. The largest absolute Gasteiger partial charge is 0.345 e. The van der Waals surface area contributed by atoms with Gasteiger partial charge in [-0.25, -0.2) is 8.78 Å². The molecule has 1 aromatic rings. The van der Waals surface area contributed by atoms with Crippen LogP contribution in [0.3, 0.4) is 0 Å². The molecule has 0 radical (unpaired) electrons.